The van der Waals surface area contributed by atoms with Crippen LogP contribution < -0.4 is 5.76 Å². The fourth-order valence-corrected chi connectivity index (χ4v) is 2.96. The smallest absolute Gasteiger partial charge is 0.408 e. The SMILES string of the molecule is CC(C)c1nc(Cn2c(=O)oc3ccc([N+](=O)[O-])cc32)cs1. The molecule has 0 atom stereocenters. The van der Waals surface area contributed by atoms with Crippen molar-refractivity contribution < 1.29 is 9.34 Å². The Morgan fingerprint density at radius 3 is 2.86 bits per heavy atom. The van der Waals surface area contributed by atoms with E-state index in [0.717, 1.165) is 10.7 Å². The molecular formula is C14H13N3O4S. The van der Waals surface area contributed by atoms with Crippen LogP contribution in [0.3, 0.4) is 0 Å². The zero-order valence-corrected chi connectivity index (χ0v) is 12.8. The quantitative estimate of drug-likeness (QED) is 0.544. The number of hydrogen-bond acceptors (Lipinski definition) is 6. The minimum absolute atomic E-state index is 0.0804. The third kappa shape index (κ3) is 2.52. The lowest BCUT2D eigenvalue weighted by atomic mass is 10.2. The second-order valence-corrected chi connectivity index (χ2v) is 6.08. The van der Waals surface area contributed by atoms with E-state index in [1.807, 2.05) is 19.2 Å². The Kier molecular flexibility index (Phi) is 3.53. The summed E-state index contributed by atoms with van der Waals surface area (Å²) < 4.78 is 6.48. The van der Waals surface area contributed by atoms with Crippen molar-refractivity contribution in [2.45, 2.75) is 26.3 Å². The van der Waals surface area contributed by atoms with Crippen LogP contribution in [0.1, 0.15) is 30.5 Å². The van der Waals surface area contributed by atoms with Crippen LogP contribution in [0.2, 0.25) is 0 Å². The minimum atomic E-state index is -0.547. The molecule has 0 fully saturated rings. The lowest BCUT2D eigenvalue weighted by Crippen LogP contribution is -2.15. The Balaban J connectivity index is 2.05. The van der Waals surface area contributed by atoms with Crippen LogP contribution in [-0.4, -0.2) is 14.5 Å². The first-order valence-corrected chi connectivity index (χ1v) is 7.55. The highest BCUT2D eigenvalue weighted by molar-refractivity contribution is 7.09. The van der Waals surface area contributed by atoms with Gasteiger partial charge in [0.15, 0.2) is 5.58 Å². The highest BCUT2D eigenvalue weighted by Crippen LogP contribution is 2.23. The third-order valence-corrected chi connectivity index (χ3v) is 4.44. The van der Waals surface area contributed by atoms with E-state index < -0.39 is 10.7 Å². The maximum Gasteiger partial charge on any atom is 0.420 e. The van der Waals surface area contributed by atoms with Gasteiger partial charge >= 0.3 is 5.76 Å². The maximum absolute atomic E-state index is 12.0. The zero-order valence-electron chi connectivity index (χ0n) is 12.0. The molecule has 8 heteroatoms. The van der Waals surface area contributed by atoms with Gasteiger partial charge in [-0.15, -0.1) is 11.3 Å². The van der Waals surface area contributed by atoms with E-state index >= 15 is 0 Å². The van der Waals surface area contributed by atoms with E-state index in [1.54, 1.807) is 0 Å². The molecule has 0 spiro atoms. The number of non-ortho nitro benzene ring substituents is 1. The molecule has 3 rings (SSSR count). The molecule has 0 saturated heterocycles. The number of benzene rings is 1. The largest absolute Gasteiger partial charge is 0.420 e. The number of aromatic nitrogens is 2. The highest BCUT2D eigenvalue weighted by atomic mass is 32.1. The van der Waals surface area contributed by atoms with Crippen LogP contribution in [0.25, 0.3) is 11.1 Å². The van der Waals surface area contributed by atoms with Crippen molar-refractivity contribution in [1.29, 1.82) is 0 Å². The van der Waals surface area contributed by atoms with E-state index in [-0.39, 0.29) is 12.2 Å². The molecule has 2 aromatic heterocycles. The first-order chi connectivity index (χ1) is 10.5. The van der Waals surface area contributed by atoms with Crippen molar-refractivity contribution >= 4 is 28.1 Å². The Morgan fingerprint density at radius 1 is 1.45 bits per heavy atom. The number of fused-ring (bicyclic) bond motifs is 1. The number of nitro benzene ring substituents is 1. The fraction of sp³-hybridized carbons (Fsp3) is 0.286. The van der Waals surface area contributed by atoms with Gasteiger partial charge in [-0.25, -0.2) is 9.78 Å². The molecule has 0 bridgehead atoms. The summed E-state index contributed by atoms with van der Waals surface area (Å²) in [6.45, 7) is 4.33. The molecule has 0 aliphatic carbocycles. The van der Waals surface area contributed by atoms with Crippen molar-refractivity contribution in [2.75, 3.05) is 0 Å². The number of nitrogens with zero attached hydrogens (tertiary/aromatic N) is 3. The number of nitro groups is 1. The van der Waals surface area contributed by atoms with Gasteiger partial charge in [0.25, 0.3) is 5.69 Å². The topological polar surface area (TPSA) is 91.2 Å². The predicted molar refractivity (Wildman–Crippen MR) is 82.4 cm³/mol. The molecule has 3 aromatic rings. The highest BCUT2D eigenvalue weighted by Gasteiger charge is 2.15. The maximum atomic E-state index is 12.0. The zero-order chi connectivity index (χ0) is 15.9. The summed E-state index contributed by atoms with van der Waals surface area (Å²) in [5.41, 5.74) is 1.39. The van der Waals surface area contributed by atoms with Gasteiger partial charge in [-0.05, 0) is 6.07 Å². The average Bonchev–Trinajstić information content (AvgIpc) is 3.04. The molecule has 2 heterocycles. The first kappa shape index (κ1) is 14.5. The molecule has 1 aromatic carbocycles. The van der Waals surface area contributed by atoms with Crippen molar-refractivity contribution in [1.82, 2.24) is 9.55 Å². The molecule has 0 amide bonds. The van der Waals surface area contributed by atoms with Gasteiger partial charge in [0.2, 0.25) is 0 Å². The number of oxazole rings is 1. The fourth-order valence-electron chi connectivity index (χ4n) is 2.14. The van der Waals surface area contributed by atoms with E-state index in [9.17, 15) is 14.9 Å². The molecule has 22 heavy (non-hydrogen) atoms. The van der Waals surface area contributed by atoms with Gasteiger partial charge in [0, 0.05) is 23.4 Å². The van der Waals surface area contributed by atoms with Gasteiger partial charge in [0.1, 0.15) is 0 Å². The summed E-state index contributed by atoms with van der Waals surface area (Å²) >= 11 is 1.53. The predicted octanol–water partition coefficient (Wildman–Crippen LogP) is 3.13. The molecule has 114 valence electrons. The van der Waals surface area contributed by atoms with E-state index in [0.29, 0.717) is 17.0 Å². The normalized spacial score (nSPS) is 11.4. The Labute approximate surface area is 129 Å². The molecule has 0 saturated carbocycles. The average molecular weight is 319 g/mol. The standard InChI is InChI=1S/C14H13N3O4S/c1-8(2)13-15-9(7-22-13)6-16-11-5-10(17(19)20)3-4-12(11)21-14(16)18/h3-5,7-8H,6H2,1-2H3. The molecule has 0 aliphatic heterocycles. The summed E-state index contributed by atoms with van der Waals surface area (Å²) in [4.78, 5) is 26.8. The molecule has 0 radical (unpaired) electrons. The summed E-state index contributed by atoms with van der Waals surface area (Å²) in [6, 6.07) is 4.09. The lowest BCUT2D eigenvalue weighted by molar-refractivity contribution is -0.384. The van der Waals surface area contributed by atoms with E-state index in [2.05, 4.69) is 4.98 Å². The molecule has 0 N–H and O–H groups in total. The van der Waals surface area contributed by atoms with E-state index in [1.165, 1.54) is 34.1 Å². The number of hydrogen-bond donors (Lipinski definition) is 0. The number of rotatable bonds is 4. The van der Waals surface area contributed by atoms with Crippen molar-refractivity contribution in [2.24, 2.45) is 0 Å². The van der Waals surface area contributed by atoms with Gasteiger partial charge in [-0.3, -0.25) is 14.7 Å². The molecule has 0 unspecified atom stereocenters. The Morgan fingerprint density at radius 2 is 2.23 bits per heavy atom. The van der Waals surface area contributed by atoms with Crippen molar-refractivity contribution in [3.05, 3.63) is 54.9 Å². The summed E-state index contributed by atoms with van der Waals surface area (Å²) in [6.07, 6.45) is 0. The van der Waals surface area contributed by atoms with Crippen LogP contribution in [-0.2, 0) is 6.54 Å². The first-order valence-electron chi connectivity index (χ1n) is 6.68. The summed E-state index contributed by atoms with van der Waals surface area (Å²) in [5.74, 6) is -0.229. The van der Waals surface area contributed by atoms with Crippen LogP contribution >= 0.6 is 11.3 Å². The third-order valence-electron chi connectivity index (χ3n) is 3.25. The van der Waals surface area contributed by atoms with Gasteiger partial charge in [-0.2, -0.15) is 0 Å². The van der Waals surface area contributed by atoms with E-state index in [4.69, 9.17) is 4.42 Å². The van der Waals surface area contributed by atoms with Crippen molar-refractivity contribution in [3.63, 3.8) is 0 Å². The van der Waals surface area contributed by atoms with Crippen LogP contribution in [0.15, 0.2) is 32.8 Å². The second kappa shape index (κ2) is 5.38. The molecule has 7 nitrogen and oxygen atoms in total. The number of thiazole rings is 1. The Bertz CT molecular complexity index is 906. The monoisotopic (exact) mass is 319 g/mol. The van der Waals surface area contributed by atoms with Gasteiger partial charge in [0.05, 0.1) is 27.7 Å². The lowest BCUT2D eigenvalue weighted by Gasteiger charge is -2.00. The van der Waals surface area contributed by atoms with Crippen molar-refractivity contribution in [3.8, 4) is 0 Å². The van der Waals surface area contributed by atoms with Crippen LogP contribution in [0.5, 0.6) is 0 Å². The summed E-state index contributed by atoms with van der Waals surface area (Å²) in [7, 11) is 0. The molecular weight excluding hydrogens is 306 g/mol. The second-order valence-electron chi connectivity index (χ2n) is 5.20. The minimum Gasteiger partial charge on any atom is -0.408 e. The molecule has 0 aliphatic rings. The Hall–Kier alpha value is -2.48. The van der Waals surface area contributed by atoms with Crippen LogP contribution in [0, 0.1) is 10.1 Å². The van der Waals surface area contributed by atoms with Crippen LogP contribution in [0.4, 0.5) is 5.69 Å². The van der Waals surface area contributed by atoms with Gasteiger partial charge < -0.3 is 4.42 Å². The summed E-state index contributed by atoms with van der Waals surface area (Å²) in [5, 5.41) is 13.8. The van der Waals surface area contributed by atoms with Gasteiger partial charge in [-0.1, -0.05) is 13.8 Å².